The van der Waals surface area contributed by atoms with Gasteiger partial charge in [-0.1, -0.05) is 6.07 Å². The molecule has 0 spiro atoms. The third kappa shape index (κ3) is 3.36. The standard InChI is InChI=1S/C16H23N3O2/c1-5-19-12(2)13(10-18-19)9-17-11-14-15(20-3)7-6-8-16(14)21-4/h6-8,10,17H,5,9,11H2,1-4H3. The van der Waals surface area contributed by atoms with Gasteiger partial charge < -0.3 is 14.8 Å². The summed E-state index contributed by atoms with van der Waals surface area (Å²) in [5.41, 5.74) is 3.45. The predicted molar refractivity (Wildman–Crippen MR) is 82.7 cm³/mol. The summed E-state index contributed by atoms with van der Waals surface area (Å²) in [6, 6.07) is 5.82. The summed E-state index contributed by atoms with van der Waals surface area (Å²) in [5.74, 6) is 1.67. The second-order valence-corrected chi connectivity index (χ2v) is 4.82. The molecule has 0 aliphatic heterocycles. The zero-order chi connectivity index (χ0) is 15.2. The Kier molecular flexibility index (Phi) is 5.22. The predicted octanol–water partition coefficient (Wildman–Crippen LogP) is 2.52. The van der Waals surface area contributed by atoms with Crippen molar-refractivity contribution in [3.8, 4) is 11.5 Å². The van der Waals surface area contributed by atoms with Crippen molar-refractivity contribution < 1.29 is 9.47 Å². The third-order valence-electron chi connectivity index (χ3n) is 3.65. The van der Waals surface area contributed by atoms with Gasteiger partial charge in [-0.2, -0.15) is 5.10 Å². The Morgan fingerprint density at radius 2 is 1.81 bits per heavy atom. The molecular weight excluding hydrogens is 266 g/mol. The first-order valence-electron chi connectivity index (χ1n) is 7.13. The summed E-state index contributed by atoms with van der Waals surface area (Å²) in [5, 5.41) is 7.79. The summed E-state index contributed by atoms with van der Waals surface area (Å²) >= 11 is 0. The lowest BCUT2D eigenvalue weighted by Gasteiger charge is -2.13. The monoisotopic (exact) mass is 289 g/mol. The van der Waals surface area contributed by atoms with Crippen molar-refractivity contribution in [1.82, 2.24) is 15.1 Å². The second kappa shape index (κ2) is 7.13. The molecule has 114 valence electrons. The van der Waals surface area contributed by atoms with Gasteiger partial charge >= 0.3 is 0 Å². The topological polar surface area (TPSA) is 48.3 Å². The van der Waals surface area contributed by atoms with E-state index in [0.29, 0.717) is 6.54 Å². The summed E-state index contributed by atoms with van der Waals surface area (Å²) in [6.45, 7) is 6.54. The van der Waals surface area contributed by atoms with Gasteiger partial charge in [0.2, 0.25) is 0 Å². The van der Waals surface area contributed by atoms with E-state index < -0.39 is 0 Å². The number of benzene rings is 1. The van der Waals surface area contributed by atoms with Crippen LogP contribution in [0.15, 0.2) is 24.4 Å². The maximum absolute atomic E-state index is 5.40. The molecule has 0 bridgehead atoms. The van der Waals surface area contributed by atoms with Crippen LogP contribution in [0.5, 0.6) is 11.5 Å². The highest BCUT2D eigenvalue weighted by atomic mass is 16.5. The number of nitrogens with one attached hydrogen (secondary N) is 1. The lowest BCUT2D eigenvalue weighted by molar-refractivity contribution is 0.382. The van der Waals surface area contributed by atoms with Gasteiger partial charge in [-0.3, -0.25) is 4.68 Å². The van der Waals surface area contributed by atoms with Crippen LogP contribution >= 0.6 is 0 Å². The van der Waals surface area contributed by atoms with Gasteiger partial charge in [-0.05, 0) is 26.0 Å². The molecule has 2 aromatic rings. The molecule has 0 fully saturated rings. The molecular formula is C16H23N3O2. The van der Waals surface area contributed by atoms with Crippen LogP contribution in [-0.4, -0.2) is 24.0 Å². The van der Waals surface area contributed by atoms with Gasteiger partial charge in [0.15, 0.2) is 0 Å². The Balaban J connectivity index is 2.04. The zero-order valence-electron chi connectivity index (χ0n) is 13.1. The number of nitrogens with zero attached hydrogens (tertiary/aromatic N) is 2. The summed E-state index contributed by atoms with van der Waals surface area (Å²) in [4.78, 5) is 0. The maximum atomic E-state index is 5.40. The molecule has 0 radical (unpaired) electrons. The SMILES string of the molecule is CCn1ncc(CNCc2c(OC)cccc2OC)c1C. The first-order chi connectivity index (χ1) is 10.2. The molecule has 2 rings (SSSR count). The van der Waals surface area contributed by atoms with E-state index in [4.69, 9.17) is 9.47 Å². The van der Waals surface area contributed by atoms with E-state index in [9.17, 15) is 0 Å². The van der Waals surface area contributed by atoms with Crippen LogP contribution in [0.3, 0.4) is 0 Å². The highest BCUT2D eigenvalue weighted by molar-refractivity contribution is 5.44. The fourth-order valence-corrected chi connectivity index (χ4v) is 2.40. The molecule has 1 aromatic heterocycles. The van der Waals surface area contributed by atoms with Gasteiger partial charge in [0.1, 0.15) is 11.5 Å². The first-order valence-corrected chi connectivity index (χ1v) is 7.13. The minimum Gasteiger partial charge on any atom is -0.496 e. The van der Waals surface area contributed by atoms with Crippen LogP contribution < -0.4 is 14.8 Å². The van der Waals surface area contributed by atoms with Gasteiger partial charge in [-0.25, -0.2) is 0 Å². The van der Waals surface area contributed by atoms with Gasteiger partial charge in [0.05, 0.1) is 20.4 Å². The van der Waals surface area contributed by atoms with Crippen LogP contribution in [0, 0.1) is 6.92 Å². The van der Waals surface area contributed by atoms with Gasteiger partial charge in [0, 0.05) is 36.5 Å². The molecule has 0 saturated carbocycles. The number of hydrogen-bond donors (Lipinski definition) is 1. The molecule has 1 aromatic carbocycles. The number of methoxy groups -OCH3 is 2. The van der Waals surface area contributed by atoms with Crippen molar-refractivity contribution in [3.63, 3.8) is 0 Å². The Labute approximate surface area is 125 Å². The lowest BCUT2D eigenvalue weighted by atomic mass is 10.1. The Morgan fingerprint density at radius 1 is 1.14 bits per heavy atom. The molecule has 0 aliphatic carbocycles. The summed E-state index contributed by atoms with van der Waals surface area (Å²) < 4.78 is 12.8. The van der Waals surface area contributed by atoms with Crippen molar-refractivity contribution in [2.45, 2.75) is 33.5 Å². The van der Waals surface area contributed by atoms with Crippen molar-refractivity contribution in [3.05, 3.63) is 41.2 Å². The molecule has 5 heteroatoms. The normalized spacial score (nSPS) is 10.7. The van der Waals surface area contributed by atoms with Crippen molar-refractivity contribution in [1.29, 1.82) is 0 Å². The Morgan fingerprint density at radius 3 is 2.33 bits per heavy atom. The van der Waals surface area contributed by atoms with E-state index >= 15 is 0 Å². The van der Waals surface area contributed by atoms with Crippen LogP contribution in [0.4, 0.5) is 0 Å². The van der Waals surface area contributed by atoms with Gasteiger partial charge in [0.25, 0.3) is 0 Å². The molecule has 0 atom stereocenters. The largest absolute Gasteiger partial charge is 0.496 e. The highest BCUT2D eigenvalue weighted by Crippen LogP contribution is 2.27. The van der Waals surface area contributed by atoms with E-state index in [-0.39, 0.29) is 0 Å². The number of ether oxygens (including phenoxy) is 2. The number of aromatic nitrogens is 2. The highest BCUT2D eigenvalue weighted by Gasteiger charge is 2.10. The number of rotatable bonds is 7. The molecule has 21 heavy (non-hydrogen) atoms. The van der Waals surface area contributed by atoms with E-state index in [2.05, 4.69) is 24.3 Å². The second-order valence-electron chi connectivity index (χ2n) is 4.82. The molecule has 0 saturated heterocycles. The van der Waals surface area contributed by atoms with E-state index in [0.717, 1.165) is 30.2 Å². The summed E-state index contributed by atoms with van der Waals surface area (Å²) in [7, 11) is 3.35. The van der Waals surface area contributed by atoms with Crippen LogP contribution in [0.2, 0.25) is 0 Å². The maximum Gasteiger partial charge on any atom is 0.127 e. The van der Waals surface area contributed by atoms with E-state index in [1.807, 2.05) is 29.1 Å². The zero-order valence-corrected chi connectivity index (χ0v) is 13.1. The van der Waals surface area contributed by atoms with Crippen molar-refractivity contribution in [2.75, 3.05) is 14.2 Å². The molecule has 1 N–H and O–H groups in total. The lowest BCUT2D eigenvalue weighted by Crippen LogP contribution is -2.15. The van der Waals surface area contributed by atoms with Crippen molar-refractivity contribution >= 4 is 0 Å². The average Bonchev–Trinajstić information content (AvgIpc) is 2.87. The van der Waals surface area contributed by atoms with Crippen LogP contribution in [-0.2, 0) is 19.6 Å². The minimum absolute atomic E-state index is 0.684. The number of hydrogen-bond acceptors (Lipinski definition) is 4. The smallest absolute Gasteiger partial charge is 0.127 e. The van der Waals surface area contributed by atoms with Crippen LogP contribution in [0.1, 0.15) is 23.7 Å². The fourth-order valence-electron chi connectivity index (χ4n) is 2.40. The molecule has 0 unspecified atom stereocenters. The Hall–Kier alpha value is -2.01. The quantitative estimate of drug-likeness (QED) is 0.851. The third-order valence-corrected chi connectivity index (χ3v) is 3.65. The number of aryl methyl sites for hydroxylation is 1. The van der Waals surface area contributed by atoms with E-state index in [1.54, 1.807) is 14.2 Å². The first kappa shape index (κ1) is 15.4. The molecule has 5 nitrogen and oxygen atoms in total. The molecule has 0 amide bonds. The van der Waals surface area contributed by atoms with Crippen molar-refractivity contribution in [2.24, 2.45) is 0 Å². The summed E-state index contributed by atoms with van der Waals surface area (Å²) in [6.07, 6.45) is 1.92. The minimum atomic E-state index is 0.684. The molecule has 1 heterocycles. The Bertz CT molecular complexity index is 571. The van der Waals surface area contributed by atoms with Crippen LogP contribution in [0.25, 0.3) is 0 Å². The van der Waals surface area contributed by atoms with Gasteiger partial charge in [-0.15, -0.1) is 0 Å². The average molecular weight is 289 g/mol. The molecule has 0 aliphatic rings. The fraction of sp³-hybridized carbons (Fsp3) is 0.438. The van der Waals surface area contributed by atoms with E-state index in [1.165, 1.54) is 11.3 Å².